The van der Waals surface area contributed by atoms with E-state index in [1.807, 2.05) is 6.07 Å². The van der Waals surface area contributed by atoms with Crippen molar-refractivity contribution in [2.45, 2.75) is 31.3 Å². The standard InChI is InChI=1S/C16H21NO4/c1-20-13-4-2-11-3-5-15(14(11)9-13)17-6-7-21-10-12(17)8-16(18)19/h2,4,9,12,15H,3,5-8,10H2,1H3,(H,18,19). The summed E-state index contributed by atoms with van der Waals surface area (Å²) in [4.78, 5) is 13.4. The van der Waals surface area contributed by atoms with Gasteiger partial charge in [-0.2, -0.15) is 0 Å². The Bertz CT molecular complexity index is 531. The smallest absolute Gasteiger partial charge is 0.305 e. The van der Waals surface area contributed by atoms with E-state index in [4.69, 9.17) is 14.6 Å². The fourth-order valence-electron chi connectivity index (χ4n) is 3.49. The first-order valence-electron chi connectivity index (χ1n) is 7.41. The summed E-state index contributed by atoms with van der Waals surface area (Å²) in [5, 5.41) is 9.10. The highest BCUT2D eigenvalue weighted by molar-refractivity contribution is 5.67. The lowest BCUT2D eigenvalue weighted by Crippen LogP contribution is -2.47. The highest BCUT2D eigenvalue weighted by atomic mass is 16.5. The number of morpholine rings is 1. The molecule has 5 heteroatoms. The van der Waals surface area contributed by atoms with Gasteiger partial charge in [0, 0.05) is 18.6 Å². The second-order valence-corrected chi connectivity index (χ2v) is 5.68. The molecule has 5 nitrogen and oxygen atoms in total. The predicted molar refractivity (Wildman–Crippen MR) is 77.6 cm³/mol. The van der Waals surface area contributed by atoms with Crippen LogP contribution in [0.3, 0.4) is 0 Å². The number of methoxy groups -OCH3 is 1. The van der Waals surface area contributed by atoms with Crippen molar-refractivity contribution < 1.29 is 19.4 Å². The molecule has 1 heterocycles. The van der Waals surface area contributed by atoms with Crippen LogP contribution < -0.4 is 4.74 Å². The molecule has 2 atom stereocenters. The van der Waals surface area contributed by atoms with Crippen LogP contribution in [-0.4, -0.2) is 48.9 Å². The molecule has 1 aliphatic carbocycles. The Morgan fingerprint density at radius 3 is 3.14 bits per heavy atom. The first-order chi connectivity index (χ1) is 10.2. The molecule has 0 saturated carbocycles. The van der Waals surface area contributed by atoms with Gasteiger partial charge in [0.05, 0.1) is 26.7 Å². The van der Waals surface area contributed by atoms with Crippen molar-refractivity contribution >= 4 is 5.97 Å². The summed E-state index contributed by atoms with van der Waals surface area (Å²) in [6.07, 6.45) is 2.22. The molecule has 1 saturated heterocycles. The fraction of sp³-hybridized carbons (Fsp3) is 0.562. The quantitative estimate of drug-likeness (QED) is 0.917. The highest BCUT2D eigenvalue weighted by Gasteiger charge is 2.35. The molecule has 1 aromatic rings. The van der Waals surface area contributed by atoms with E-state index in [0.717, 1.165) is 25.1 Å². The Balaban J connectivity index is 1.85. The van der Waals surface area contributed by atoms with Crippen LogP contribution in [-0.2, 0) is 16.0 Å². The molecule has 0 bridgehead atoms. The van der Waals surface area contributed by atoms with Gasteiger partial charge in [-0.25, -0.2) is 0 Å². The number of rotatable bonds is 4. The Labute approximate surface area is 124 Å². The molecule has 1 fully saturated rings. The molecule has 21 heavy (non-hydrogen) atoms. The van der Waals surface area contributed by atoms with Gasteiger partial charge in [-0.15, -0.1) is 0 Å². The van der Waals surface area contributed by atoms with Gasteiger partial charge in [0.15, 0.2) is 0 Å². The normalized spacial score (nSPS) is 25.6. The third kappa shape index (κ3) is 2.89. The van der Waals surface area contributed by atoms with Crippen molar-refractivity contribution in [2.75, 3.05) is 26.9 Å². The van der Waals surface area contributed by atoms with Crippen molar-refractivity contribution in [1.82, 2.24) is 4.90 Å². The topological polar surface area (TPSA) is 59.0 Å². The van der Waals surface area contributed by atoms with Gasteiger partial charge >= 0.3 is 5.97 Å². The van der Waals surface area contributed by atoms with E-state index in [-0.39, 0.29) is 18.5 Å². The zero-order valence-electron chi connectivity index (χ0n) is 12.2. The summed E-state index contributed by atoms with van der Waals surface area (Å²) < 4.78 is 10.8. The average molecular weight is 291 g/mol. The van der Waals surface area contributed by atoms with Crippen LogP contribution in [0.15, 0.2) is 18.2 Å². The molecule has 3 rings (SSSR count). The summed E-state index contributed by atoms with van der Waals surface area (Å²) in [6.45, 7) is 1.97. The minimum absolute atomic E-state index is 0.0431. The second-order valence-electron chi connectivity index (χ2n) is 5.68. The van der Waals surface area contributed by atoms with Gasteiger partial charge in [-0.3, -0.25) is 9.69 Å². The second kappa shape index (κ2) is 6.03. The van der Waals surface area contributed by atoms with Gasteiger partial charge in [0.25, 0.3) is 0 Å². The maximum absolute atomic E-state index is 11.1. The zero-order valence-corrected chi connectivity index (χ0v) is 12.2. The zero-order chi connectivity index (χ0) is 14.8. The molecule has 1 N–H and O–H groups in total. The van der Waals surface area contributed by atoms with E-state index in [2.05, 4.69) is 17.0 Å². The Hall–Kier alpha value is -1.59. The van der Waals surface area contributed by atoms with E-state index >= 15 is 0 Å². The first-order valence-corrected chi connectivity index (χ1v) is 7.41. The van der Waals surface area contributed by atoms with Crippen LogP contribution in [0.2, 0.25) is 0 Å². The maximum Gasteiger partial charge on any atom is 0.305 e. The lowest BCUT2D eigenvalue weighted by Gasteiger charge is -2.39. The molecule has 114 valence electrons. The van der Waals surface area contributed by atoms with E-state index in [1.54, 1.807) is 7.11 Å². The largest absolute Gasteiger partial charge is 0.497 e. The van der Waals surface area contributed by atoms with Crippen LogP contribution in [0.5, 0.6) is 5.75 Å². The predicted octanol–water partition coefficient (Wildman–Crippen LogP) is 1.86. The van der Waals surface area contributed by atoms with Crippen molar-refractivity contribution in [2.24, 2.45) is 0 Å². The van der Waals surface area contributed by atoms with E-state index in [1.165, 1.54) is 11.1 Å². The molecule has 1 aliphatic heterocycles. The van der Waals surface area contributed by atoms with Gasteiger partial charge in [0.1, 0.15) is 5.75 Å². The SMILES string of the molecule is COc1ccc2c(c1)C(N1CCOCC1CC(=O)O)CC2. The number of carboxylic acid groups (broad SMARTS) is 1. The molecule has 2 aliphatic rings. The van der Waals surface area contributed by atoms with Crippen molar-refractivity contribution in [3.05, 3.63) is 29.3 Å². The molecule has 0 amide bonds. The van der Waals surface area contributed by atoms with E-state index in [9.17, 15) is 4.79 Å². The average Bonchev–Trinajstić information content (AvgIpc) is 2.90. The number of nitrogens with zero attached hydrogens (tertiary/aromatic N) is 1. The third-order valence-corrected chi connectivity index (χ3v) is 4.48. The molecule has 1 aromatic carbocycles. The lowest BCUT2D eigenvalue weighted by molar-refractivity contribution is -0.141. The summed E-state index contributed by atoms with van der Waals surface area (Å²) in [7, 11) is 1.67. The summed E-state index contributed by atoms with van der Waals surface area (Å²) in [6, 6.07) is 6.46. The molecular formula is C16H21NO4. The minimum atomic E-state index is -0.764. The van der Waals surface area contributed by atoms with Crippen LogP contribution in [0, 0.1) is 0 Å². The Morgan fingerprint density at radius 2 is 2.38 bits per heavy atom. The summed E-state index contributed by atoms with van der Waals surface area (Å²) >= 11 is 0. The number of carbonyl (C=O) groups is 1. The molecule has 2 unspecified atom stereocenters. The molecule has 0 spiro atoms. The Morgan fingerprint density at radius 1 is 1.52 bits per heavy atom. The number of aliphatic carboxylic acids is 1. The van der Waals surface area contributed by atoms with E-state index < -0.39 is 5.97 Å². The maximum atomic E-state index is 11.1. The molecule has 0 radical (unpaired) electrons. The van der Waals surface area contributed by atoms with Crippen LogP contribution in [0.1, 0.15) is 30.0 Å². The number of ether oxygens (including phenoxy) is 2. The third-order valence-electron chi connectivity index (χ3n) is 4.48. The Kier molecular flexibility index (Phi) is 4.12. The highest BCUT2D eigenvalue weighted by Crippen LogP contribution is 2.39. The molecule has 0 aromatic heterocycles. The monoisotopic (exact) mass is 291 g/mol. The van der Waals surface area contributed by atoms with Gasteiger partial charge in [-0.05, 0) is 36.1 Å². The summed E-state index contributed by atoms with van der Waals surface area (Å²) in [5.74, 6) is 0.100. The minimum Gasteiger partial charge on any atom is -0.497 e. The number of benzene rings is 1. The first kappa shape index (κ1) is 14.4. The van der Waals surface area contributed by atoms with Crippen molar-refractivity contribution in [1.29, 1.82) is 0 Å². The van der Waals surface area contributed by atoms with Gasteiger partial charge in [-0.1, -0.05) is 6.07 Å². The van der Waals surface area contributed by atoms with Crippen molar-refractivity contribution in [3.63, 3.8) is 0 Å². The van der Waals surface area contributed by atoms with Gasteiger partial charge in [0.2, 0.25) is 0 Å². The number of fused-ring (bicyclic) bond motifs is 1. The van der Waals surface area contributed by atoms with Crippen LogP contribution in [0.25, 0.3) is 0 Å². The van der Waals surface area contributed by atoms with Crippen LogP contribution in [0.4, 0.5) is 0 Å². The summed E-state index contributed by atoms with van der Waals surface area (Å²) in [5.41, 5.74) is 2.63. The van der Waals surface area contributed by atoms with E-state index in [0.29, 0.717) is 13.2 Å². The molecular weight excluding hydrogens is 270 g/mol. The number of hydrogen-bond donors (Lipinski definition) is 1. The number of hydrogen-bond acceptors (Lipinski definition) is 4. The lowest BCUT2D eigenvalue weighted by atomic mass is 10.0. The van der Waals surface area contributed by atoms with Crippen molar-refractivity contribution in [3.8, 4) is 5.75 Å². The van der Waals surface area contributed by atoms with Crippen LogP contribution >= 0.6 is 0 Å². The number of aryl methyl sites for hydroxylation is 1. The fourth-order valence-corrected chi connectivity index (χ4v) is 3.49. The van der Waals surface area contributed by atoms with Gasteiger partial charge < -0.3 is 14.6 Å². The number of carboxylic acids is 1.